The zero-order valence-electron chi connectivity index (χ0n) is 20.9. The van der Waals surface area contributed by atoms with Gasteiger partial charge in [-0.05, 0) is 68.0 Å². The lowest BCUT2D eigenvalue weighted by atomic mass is 9.81. The third kappa shape index (κ3) is 5.55. The van der Waals surface area contributed by atoms with E-state index in [1.54, 1.807) is 49.6 Å². The molecule has 1 aliphatic rings. The monoisotopic (exact) mass is 487 g/mol. The van der Waals surface area contributed by atoms with Crippen molar-refractivity contribution < 1.29 is 19.1 Å². The van der Waals surface area contributed by atoms with E-state index in [1.165, 1.54) is 0 Å². The zero-order chi connectivity index (χ0) is 24.7. The largest absolute Gasteiger partial charge is 0.493 e. The molecular weight excluding hydrogens is 450 g/mol. The Labute approximate surface area is 207 Å². The van der Waals surface area contributed by atoms with Crippen LogP contribution in [-0.2, 0) is 4.79 Å². The lowest BCUT2D eigenvalue weighted by Gasteiger charge is -2.39. The number of hydrogen-bond acceptors (Lipinski definition) is 6. The minimum atomic E-state index is -0.543. The average molecular weight is 488 g/mol. The van der Waals surface area contributed by atoms with Gasteiger partial charge in [0.1, 0.15) is 0 Å². The molecule has 2 amide bonds. The predicted molar refractivity (Wildman–Crippen MR) is 136 cm³/mol. The van der Waals surface area contributed by atoms with E-state index < -0.39 is 5.92 Å². The first-order valence-corrected chi connectivity index (χ1v) is 12.9. The summed E-state index contributed by atoms with van der Waals surface area (Å²) < 4.78 is 10.9. The Morgan fingerprint density at radius 3 is 2.38 bits per heavy atom. The maximum absolute atomic E-state index is 13.6. The highest BCUT2D eigenvalue weighted by Crippen LogP contribution is 2.46. The van der Waals surface area contributed by atoms with Crippen molar-refractivity contribution in [2.45, 2.75) is 45.1 Å². The molecule has 0 aliphatic carbocycles. The summed E-state index contributed by atoms with van der Waals surface area (Å²) in [6, 6.07) is 7.03. The smallest absolute Gasteiger partial charge is 0.254 e. The Bertz CT molecular complexity index is 957. The molecule has 0 bridgehead atoms. The van der Waals surface area contributed by atoms with Gasteiger partial charge in [-0.2, -0.15) is 0 Å². The first-order valence-electron chi connectivity index (χ1n) is 12.0. The molecule has 2 aromatic rings. The molecule has 8 heteroatoms. The van der Waals surface area contributed by atoms with Gasteiger partial charge in [0.2, 0.25) is 5.91 Å². The van der Waals surface area contributed by atoms with Crippen LogP contribution in [0.25, 0.3) is 0 Å². The van der Waals surface area contributed by atoms with Crippen molar-refractivity contribution in [1.82, 2.24) is 15.1 Å². The van der Waals surface area contributed by atoms with Crippen molar-refractivity contribution in [3.63, 3.8) is 0 Å². The molecule has 1 aromatic carbocycles. The topological polar surface area (TPSA) is 71.1 Å². The van der Waals surface area contributed by atoms with Crippen molar-refractivity contribution in [3.8, 4) is 11.5 Å². The van der Waals surface area contributed by atoms with Crippen LogP contribution in [-0.4, -0.2) is 69.1 Å². The van der Waals surface area contributed by atoms with Crippen LogP contribution in [0.5, 0.6) is 11.5 Å². The molecule has 2 atom stereocenters. The number of likely N-dealkylation sites (N-methyl/N-ethyl adjacent to an activating group) is 1. The van der Waals surface area contributed by atoms with Crippen LogP contribution in [0, 0.1) is 0 Å². The molecule has 1 N–H and O–H groups in total. The first kappa shape index (κ1) is 26.0. The van der Waals surface area contributed by atoms with Gasteiger partial charge in [-0.25, -0.2) is 0 Å². The Morgan fingerprint density at radius 2 is 1.79 bits per heavy atom. The Balaban J connectivity index is 1.88. The summed E-state index contributed by atoms with van der Waals surface area (Å²) in [5.74, 6) is 0.232. The summed E-state index contributed by atoms with van der Waals surface area (Å²) in [6.45, 7) is 8.09. The van der Waals surface area contributed by atoms with E-state index in [0.717, 1.165) is 43.8 Å². The summed E-state index contributed by atoms with van der Waals surface area (Å²) in [4.78, 5) is 32.1. The molecule has 34 heavy (non-hydrogen) atoms. The molecule has 0 radical (unpaired) electrons. The SMILES string of the molecule is CCCN(CCC)CCCNC(=O)[C@H]1c2cc(OC)c(OC)cc2C(=O)N(C)[C@H]1c1cccs1. The average Bonchev–Trinajstić information content (AvgIpc) is 3.37. The van der Waals surface area contributed by atoms with Crippen LogP contribution in [0.2, 0.25) is 0 Å². The standard InChI is InChI=1S/C26H37N3O4S/c1-6-12-29(13-7-2)14-9-11-27-25(30)23-18-16-20(32-4)21(33-5)17-19(18)26(31)28(3)24(23)22-10-8-15-34-22/h8,10,15-17,23-24H,6-7,9,11-14H2,1-5H3,(H,27,30)/t23-,24-/m0/s1. The van der Waals surface area contributed by atoms with Crippen molar-refractivity contribution in [1.29, 1.82) is 0 Å². The molecule has 1 aromatic heterocycles. The maximum atomic E-state index is 13.6. The summed E-state index contributed by atoms with van der Waals surface area (Å²) in [5.41, 5.74) is 1.15. The van der Waals surface area contributed by atoms with E-state index in [-0.39, 0.29) is 17.9 Å². The third-order valence-corrected chi connectivity index (χ3v) is 7.26. The van der Waals surface area contributed by atoms with E-state index in [1.807, 2.05) is 17.5 Å². The molecule has 3 rings (SSSR count). The second kappa shape index (κ2) is 12.2. The lowest BCUT2D eigenvalue weighted by Crippen LogP contribution is -2.45. The number of nitrogens with one attached hydrogen (secondary N) is 1. The summed E-state index contributed by atoms with van der Waals surface area (Å²) >= 11 is 1.56. The van der Waals surface area contributed by atoms with Gasteiger partial charge < -0.3 is 24.6 Å². The highest BCUT2D eigenvalue weighted by molar-refractivity contribution is 7.10. The second-order valence-electron chi connectivity index (χ2n) is 8.63. The molecule has 0 fully saturated rings. The molecule has 1 aliphatic heterocycles. The predicted octanol–water partition coefficient (Wildman–Crippen LogP) is 4.30. The number of methoxy groups -OCH3 is 2. The molecule has 186 valence electrons. The van der Waals surface area contributed by atoms with Gasteiger partial charge in [0, 0.05) is 24.0 Å². The van der Waals surface area contributed by atoms with Crippen LogP contribution in [0.4, 0.5) is 0 Å². The van der Waals surface area contributed by atoms with Gasteiger partial charge in [0.25, 0.3) is 5.91 Å². The van der Waals surface area contributed by atoms with Crippen LogP contribution in [0.1, 0.15) is 65.9 Å². The molecular formula is C26H37N3O4S. The lowest BCUT2D eigenvalue weighted by molar-refractivity contribution is -0.124. The minimum Gasteiger partial charge on any atom is -0.493 e. The molecule has 0 saturated heterocycles. The van der Waals surface area contributed by atoms with E-state index in [9.17, 15) is 9.59 Å². The van der Waals surface area contributed by atoms with Crippen molar-refractivity contribution in [2.24, 2.45) is 0 Å². The Kier molecular flexibility index (Phi) is 9.36. The maximum Gasteiger partial charge on any atom is 0.254 e. The first-order chi connectivity index (χ1) is 16.5. The minimum absolute atomic E-state index is 0.0799. The van der Waals surface area contributed by atoms with Crippen LogP contribution >= 0.6 is 11.3 Å². The number of carbonyl (C=O) groups is 2. The number of fused-ring (bicyclic) bond motifs is 1. The van der Waals surface area contributed by atoms with Crippen molar-refractivity contribution >= 4 is 23.2 Å². The quantitative estimate of drug-likeness (QED) is 0.452. The molecule has 0 spiro atoms. The number of benzene rings is 1. The fourth-order valence-electron chi connectivity index (χ4n) is 4.74. The van der Waals surface area contributed by atoms with Crippen molar-refractivity contribution in [2.75, 3.05) is 47.4 Å². The van der Waals surface area contributed by atoms with Gasteiger partial charge >= 0.3 is 0 Å². The van der Waals surface area contributed by atoms with Gasteiger partial charge in [-0.1, -0.05) is 19.9 Å². The van der Waals surface area contributed by atoms with Gasteiger partial charge in [0.15, 0.2) is 11.5 Å². The highest BCUT2D eigenvalue weighted by atomic mass is 32.1. The number of amides is 2. The van der Waals surface area contributed by atoms with Crippen LogP contribution in [0.15, 0.2) is 29.6 Å². The Hall–Kier alpha value is -2.58. The summed E-state index contributed by atoms with van der Waals surface area (Å²) in [6.07, 6.45) is 3.13. The molecule has 7 nitrogen and oxygen atoms in total. The fraction of sp³-hybridized carbons (Fsp3) is 0.538. The van der Waals surface area contributed by atoms with E-state index in [2.05, 4.69) is 24.1 Å². The van der Waals surface area contributed by atoms with E-state index >= 15 is 0 Å². The second-order valence-corrected chi connectivity index (χ2v) is 9.61. The Morgan fingerprint density at radius 1 is 1.12 bits per heavy atom. The number of thiophene rings is 1. The normalized spacial score (nSPS) is 17.6. The van der Waals surface area contributed by atoms with E-state index in [0.29, 0.717) is 29.2 Å². The van der Waals surface area contributed by atoms with E-state index in [4.69, 9.17) is 9.47 Å². The number of carbonyl (C=O) groups excluding carboxylic acids is 2. The third-order valence-electron chi connectivity index (χ3n) is 6.32. The van der Waals surface area contributed by atoms with Gasteiger partial charge in [-0.15, -0.1) is 11.3 Å². The summed E-state index contributed by atoms with van der Waals surface area (Å²) in [5, 5.41) is 5.13. The van der Waals surface area contributed by atoms with Gasteiger partial charge in [0.05, 0.1) is 26.2 Å². The van der Waals surface area contributed by atoms with Crippen LogP contribution in [0.3, 0.4) is 0 Å². The number of rotatable bonds is 12. The molecule has 2 heterocycles. The number of hydrogen-bond donors (Lipinski definition) is 1. The number of ether oxygens (including phenoxy) is 2. The van der Waals surface area contributed by atoms with Gasteiger partial charge in [-0.3, -0.25) is 9.59 Å². The summed E-state index contributed by atoms with van der Waals surface area (Å²) in [7, 11) is 4.87. The fourth-order valence-corrected chi connectivity index (χ4v) is 5.64. The van der Waals surface area contributed by atoms with Crippen LogP contribution < -0.4 is 14.8 Å². The van der Waals surface area contributed by atoms with Crippen molar-refractivity contribution in [3.05, 3.63) is 45.6 Å². The molecule has 0 saturated carbocycles. The zero-order valence-corrected chi connectivity index (χ0v) is 21.7. The highest BCUT2D eigenvalue weighted by Gasteiger charge is 2.43. The number of nitrogens with zero attached hydrogens (tertiary/aromatic N) is 2. The molecule has 0 unspecified atom stereocenters.